The number of carbonyl (C=O) groups is 1. The van der Waals surface area contributed by atoms with Crippen LogP contribution in [0.1, 0.15) is 142 Å². The highest BCUT2D eigenvalue weighted by molar-refractivity contribution is 7.47. The lowest BCUT2D eigenvalue weighted by Gasteiger charge is -2.24. The van der Waals surface area contributed by atoms with E-state index in [9.17, 15) is 14.3 Å². The second-order valence-electron chi connectivity index (χ2n) is 16.0. The zero-order chi connectivity index (χ0) is 44.8. The van der Waals surface area contributed by atoms with E-state index in [0.29, 0.717) is 24.1 Å². The average Bonchev–Trinajstić information content (AvgIpc) is 3.22. The predicted octanol–water partition coefficient (Wildman–Crippen LogP) is 14.2. The molecule has 0 saturated carbocycles. The molecule has 2 atom stereocenters. The number of phosphoric ester groups is 1. The van der Waals surface area contributed by atoms with Gasteiger partial charge in [0.2, 0.25) is 0 Å². The van der Waals surface area contributed by atoms with Crippen LogP contribution in [-0.2, 0) is 27.9 Å². The normalized spacial score (nSPS) is 14.8. The molecule has 0 aliphatic heterocycles. The Kier molecular flexibility index (Phi) is 41.3. The molecular formula is C52H87NO7P+. The Labute approximate surface area is 373 Å². The molecule has 0 amide bonds. The smallest absolute Gasteiger partial charge is 0.457 e. The Balaban J connectivity index is 4.26. The zero-order valence-electron chi connectivity index (χ0n) is 39.1. The third kappa shape index (κ3) is 47.8. The molecule has 346 valence electrons. The monoisotopic (exact) mass is 869 g/mol. The molecule has 0 fully saturated rings. The van der Waals surface area contributed by atoms with E-state index in [1.54, 1.807) is 0 Å². The number of likely N-dealkylation sites (N-methyl/N-ethyl adjacent to an activating group) is 1. The van der Waals surface area contributed by atoms with Crippen LogP contribution in [0.2, 0.25) is 0 Å². The lowest BCUT2D eigenvalue weighted by Crippen LogP contribution is -2.37. The molecule has 1 N–H and O–H groups in total. The lowest BCUT2D eigenvalue weighted by atomic mass is 10.1. The standard InChI is InChI=1S/C52H86NO7P/c1-6-8-10-12-14-16-18-20-21-22-23-24-25-26-27-28-29-30-31-32-34-36-38-40-42-44-47-57-49-51(50-59-61(55,56)58-48-46-53(3,4)5)60-52(54)45-43-41-39-37-35-33-19-17-15-13-11-9-7-2/h8-11,14-17,20-21,23-24,26-27,29-30,33,35,39,41,51H,6-7,12-13,18-19,22,25,28,31-32,34,36-38,40,42-50H2,1-5H3/p+1/b10-8-,11-9-,16-14-,17-15-,21-20-,24-23-,27-26-,30-29-,35-33-,41-39-. The predicted molar refractivity (Wildman–Crippen MR) is 260 cm³/mol. The minimum atomic E-state index is -4.31. The van der Waals surface area contributed by atoms with Crippen molar-refractivity contribution in [2.45, 2.75) is 148 Å². The molecule has 0 aromatic carbocycles. The van der Waals surface area contributed by atoms with Crippen molar-refractivity contribution in [1.29, 1.82) is 0 Å². The van der Waals surface area contributed by atoms with E-state index in [1.165, 1.54) is 25.7 Å². The van der Waals surface area contributed by atoms with Crippen molar-refractivity contribution in [3.8, 4) is 0 Å². The Morgan fingerprint density at radius 3 is 1.34 bits per heavy atom. The molecule has 61 heavy (non-hydrogen) atoms. The fourth-order valence-electron chi connectivity index (χ4n) is 5.51. The zero-order valence-corrected chi connectivity index (χ0v) is 40.0. The molecule has 0 heterocycles. The fraction of sp³-hybridized carbons (Fsp3) is 0.596. The molecule has 0 saturated heterocycles. The summed E-state index contributed by atoms with van der Waals surface area (Å²) in [4.78, 5) is 22.8. The average molecular weight is 869 g/mol. The quantitative estimate of drug-likeness (QED) is 0.0215. The van der Waals surface area contributed by atoms with Crippen molar-refractivity contribution in [2.75, 3.05) is 54.1 Å². The Hall–Kier alpha value is -3.10. The number of carbonyl (C=O) groups excluding carboxylic acids is 1. The number of unbranched alkanes of at least 4 members (excludes halogenated alkanes) is 7. The Morgan fingerprint density at radius 1 is 0.508 bits per heavy atom. The summed E-state index contributed by atoms with van der Waals surface area (Å²) in [6.07, 6.45) is 62.7. The first-order chi connectivity index (χ1) is 29.6. The van der Waals surface area contributed by atoms with Gasteiger partial charge in [0.15, 0.2) is 0 Å². The van der Waals surface area contributed by atoms with Gasteiger partial charge in [0.1, 0.15) is 19.3 Å². The van der Waals surface area contributed by atoms with Crippen LogP contribution in [0.3, 0.4) is 0 Å². The summed E-state index contributed by atoms with van der Waals surface area (Å²) in [5.74, 6) is -0.404. The van der Waals surface area contributed by atoms with Gasteiger partial charge in [-0.25, -0.2) is 4.57 Å². The summed E-state index contributed by atoms with van der Waals surface area (Å²) in [6.45, 7) is 5.22. The molecule has 0 spiro atoms. The molecule has 2 unspecified atom stereocenters. The number of hydrogen-bond acceptors (Lipinski definition) is 6. The van der Waals surface area contributed by atoms with E-state index < -0.39 is 19.9 Å². The minimum Gasteiger partial charge on any atom is -0.457 e. The number of rotatable bonds is 41. The molecule has 0 aromatic heterocycles. The summed E-state index contributed by atoms with van der Waals surface area (Å²) in [7, 11) is 1.59. The number of allylic oxidation sites excluding steroid dienone is 20. The van der Waals surface area contributed by atoms with E-state index in [1.807, 2.05) is 33.3 Å². The van der Waals surface area contributed by atoms with Gasteiger partial charge in [0.05, 0.1) is 34.4 Å². The third-order valence-electron chi connectivity index (χ3n) is 9.03. The van der Waals surface area contributed by atoms with Gasteiger partial charge in [-0.05, 0) is 89.9 Å². The van der Waals surface area contributed by atoms with E-state index in [0.717, 1.165) is 89.9 Å². The summed E-state index contributed by atoms with van der Waals surface area (Å²) in [5, 5.41) is 0. The van der Waals surface area contributed by atoms with Crippen LogP contribution in [0.25, 0.3) is 0 Å². The summed E-state index contributed by atoms with van der Waals surface area (Å²) >= 11 is 0. The van der Waals surface area contributed by atoms with Crippen LogP contribution >= 0.6 is 7.82 Å². The van der Waals surface area contributed by atoms with Crippen LogP contribution in [0, 0.1) is 0 Å². The summed E-state index contributed by atoms with van der Waals surface area (Å²) < 4.78 is 34.9. The maximum absolute atomic E-state index is 12.6. The van der Waals surface area contributed by atoms with Gasteiger partial charge in [-0.15, -0.1) is 0 Å². The van der Waals surface area contributed by atoms with Crippen LogP contribution < -0.4 is 0 Å². The second-order valence-corrected chi connectivity index (χ2v) is 17.5. The highest BCUT2D eigenvalue weighted by Crippen LogP contribution is 2.43. The summed E-state index contributed by atoms with van der Waals surface area (Å²) in [5.41, 5.74) is 0. The maximum Gasteiger partial charge on any atom is 0.472 e. The van der Waals surface area contributed by atoms with Crippen LogP contribution in [0.15, 0.2) is 122 Å². The second kappa shape index (κ2) is 43.5. The van der Waals surface area contributed by atoms with Gasteiger partial charge >= 0.3 is 13.8 Å². The molecule has 0 aromatic rings. The topological polar surface area (TPSA) is 91.3 Å². The molecule has 9 heteroatoms. The SMILES string of the molecule is CC/C=C\C/C=C\C/C=C\C/C=C\C/C=C\C/C=C\CCCCCCCCCOCC(COP(=O)(O)OCC[N+](C)(C)C)OC(=O)CC/C=C\C/C=C\C/C=C\C/C=C\CC. The number of nitrogens with zero attached hydrogens (tertiary/aromatic N) is 1. The maximum atomic E-state index is 12.6. The van der Waals surface area contributed by atoms with Crippen molar-refractivity contribution in [2.24, 2.45) is 0 Å². The highest BCUT2D eigenvalue weighted by Gasteiger charge is 2.26. The number of ether oxygens (including phenoxy) is 2. The van der Waals surface area contributed by atoms with Gasteiger partial charge < -0.3 is 18.9 Å². The first-order valence-electron chi connectivity index (χ1n) is 23.3. The van der Waals surface area contributed by atoms with Crippen molar-refractivity contribution in [3.05, 3.63) is 122 Å². The Bertz CT molecular complexity index is 1380. The minimum absolute atomic E-state index is 0.0660. The van der Waals surface area contributed by atoms with E-state index >= 15 is 0 Å². The molecule has 8 nitrogen and oxygen atoms in total. The van der Waals surface area contributed by atoms with Crippen LogP contribution in [-0.4, -0.2) is 75.6 Å². The number of esters is 1. The highest BCUT2D eigenvalue weighted by atomic mass is 31.2. The lowest BCUT2D eigenvalue weighted by molar-refractivity contribution is -0.870. The molecular weight excluding hydrogens is 782 g/mol. The molecule has 0 aliphatic carbocycles. The first-order valence-corrected chi connectivity index (χ1v) is 24.8. The van der Waals surface area contributed by atoms with E-state index in [2.05, 4.69) is 123 Å². The third-order valence-corrected chi connectivity index (χ3v) is 10.0. The van der Waals surface area contributed by atoms with Crippen LogP contribution in [0.5, 0.6) is 0 Å². The Morgan fingerprint density at radius 2 is 0.902 bits per heavy atom. The van der Waals surface area contributed by atoms with Crippen molar-refractivity contribution in [1.82, 2.24) is 0 Å². The van der Waals surface area contributed by atoms with Gasteiger partial charge in [0.25, 0.3) is 0 Å². The van der Waals surface area contributed by atoms with Crippen molar-refractivity contribution in [3.63, 3.8) is 0 Å². The molecule has 0 bridgehead atoms. The van der Waals surface area contributed by atoms with Gasteiger partial charge in [0, 0.05) is 13.0 Å². The van der Waals surface area contributed by atoms with Crippen LogP contribution in [0.4, 0.5) is 0 Å². The largest absolute Gasteiger partial charge is 0.472 e. The molecule has 0 radical (unpaired) electrons. The fourth-order valence-corrected chi connectivity index (χ4v) is 6.25. The number of phosphoric acid groups is 1. The first kappa shape index (κ1) is 57.9. The van der Waals surface area contributed by atoms with Crippen molar-refractivity contribution < 1.29 is 37.3 Å². The summed E-state index contributed by atoms with van der Waals surface area (Å²) in [6, 6.07) is 0. The van der Waals surface area contributed by atoms with Gasteiger partial charge in [-0.3, -0.25) is 13.8 Å². The van der Waals surface area contributed by atoms with Gasteiger partial charge in [-0.1, -0.05) is 167 Å². The number of quaternary nitrogens is 1. The number of hydrogen-bond donors (Lipinski definition) is 1. The molecule has 0 rings (SSSR count). The van der Waals surface area contributed by atoms with Crippen molar-refractivity contribution >= 4 is 13.8 Å². The van der Waals surface area contributed by atoms with Gasteiger partial charge in [-0.2, -0.15) is 0 Å². The molecule has 0 aliphatic rings. The van der Waals surface area contributed by atoms with E-state index in [4.69, 9.17) is 18.5 Å². The van der Waals surface area contributed by atoms with E-state index in [-0.39, 0.29) is 26.2 Å².